The standard InChI is InChI=1S/C20H26N2O3/c1-15-6-5-11-22(13-15)19(23)14-25-20(24)10-4-7-16-12-21-18-9-3-2-8-17(16)18/h2-3,8-9,12,15,21H,4-7,10-11,13-14H2,1H3/t15-/m1/s1. The molecule has 2 aromatic rings. The number of piperidine rings is 1. The number of ether oxygens (including phenoxy) is 1. The summed E-state index contributed by atoms with van der Waals surface area (Å²) < 4.78 is 5.16. The maximum absolute atomic E-state index is 12.1. The van der Waals surface area contributed by atoms with Crippen molar-refractivity contribution in [3.8, 4) is 0 Å². The number of esters is 1. The highest BCUT2D eigenvalue weighted by Gasteiger charge is 2.21. The van der Waals surface area contributed by atoms with Gasteiger partial charge in [-0.3, -0.25) is 9.59 Å². The van der Waals surface area contributed by atoms with Gasteiger partial charge in [0, 0.05) is 36.6 Å². The van der Waals surface area contributed by atoms with Crippen molar-refractivity contribution in [2.45, 2.75) is 39.0 Å². The van der Waals surface area contributed by atoms with Gasteiger partial charge in [0.1, 0.15) is 0 Å². The Bertz CT molecular complexity index is 737. The first-order valence-corrected chi connectivity index (χ1v) is 9.12. The molecule has 5 nitrogen and oxygen atoms in total. The van der Waals surface area contributed by atoms with Crippen LogP contribution in [0.5, 0.6) is 0 Å². The molecule has 1 amide bonds. The highest BCUT2D eigenvalue weighted by atomic mass is 16.5. The summed E-state index contributed by atoms with van der Waals surface area (Å²) >= 11 is 0. The number of fused-ring (bicyclic) bond motifs is 1. The molecule has 0 saturated carbocycles. The maximum atomic E-state index is 12.1. The number of hydrogen-bond acceptors (Lipinski definition) is 3. The third kappa shape index (κ3) is 4.62. The van der Waals surface area contributed by atoms with Gasteiger partial charge in [0.2, 0.25) is 0 Å². The van der Waals surface area contributed by atoms with Crippen LogP contribution in [-0.4, -0.2) is 41.5 Å². The first-order chi connectivity index (χ1) is 12.1. The summed E-state index contributed by atoms with van der Waals surface area (Å²) in [5.74, 6) is 0.166. The smallest absolute Gasteiger partial charge is 0.306 e. The van der Waals surface area contributed by atoms with E-state index in [2.05, 4.69) is 18.0 Å². The molecule has 1 aromatic carbocycles. The molecule has 25 heavy (non-hydrogen) atoms. The lowest BCUT2D eigenvalue weighted by molar-refractivity contribution is -0.152. The average Bonchev–Trinajstić information content (AvgIpc) is 3.03. The summed E-state index contributed by atoms with van der Waals surface area (Å²) in [7, 11) is 0. The molecule has 134 valence electrons. The Balaban J connectivity index is 1.39. The van der Waals surface area contributed by atoms with Gasteiger partial charge in [-0.2, -0.15) is 0 Å². The van der Waals surface area contributed by atoms with E-state index in [1.54, 1.807) is 0 Å². The molecule has 3 rings (SSSR count). The van der Waals surface area contributed by atoms with Crippen molar-refractivity contribution in [2.75, 3.05) is 19.7 Å². The van der Waals surface area contributed by atoms with Crippen molar-refractivity contribution in [3.63, 3.8) is 0 Å². The van der Waals surface area contributed by atoms with E-state index in [-0.39, 0.29) is 18.5 Å². The number of likely N-dealkylation sites (tertiary alicyclic amines) is 1. The van der Waals surface area contributed by atoms with Gasteiger partial charge in [-0.05, 0) is 43.2 Å². The van der Waals surface area contributed by atoms with Crippen LogP contribution < -0.4 is 0 Å². The van der Waals surface area contributed by atoms with Crippen molar-refractivity contribution in [2.24, 2.45) is 5.92 Å². The molecule has 1 saturated heterocycles. The molecule has 0 spiro atoms. The summed E-state index contributed by atoms with van der Waals surface area (Å²) in [6, 6.07) is 8.14. The predicted octanol–water partition coefficient (Wildman–Crippen LogP) is 3.29. The van der Waals surface area contributed by atoms with E-state index in [9.17, 15) is 9.59 Å². The molecule has 5 heteroatoms. The van der Waals surface area contributed by atoms with E-state index < -0.39 is 0 Å². The third-order valence-corrected chi connectivity index (χ3v) is 4.87. The van der Waals surface area contributed by atoms with Crippen LogP contribution in [0, 0.1) is 5.92 Å². The Labute approximate surface area is 148 Å². The van der Waals surface area contributed by atoms with Gasteiger partial charge in [0.25, 0.3) is 5.91 Å². The molecule has 1 aliphatic heterocycles. The molecule has 0 bridgehead atoms. The molecule has 0 radical (unpaired) electrons. The number of amides is 1. The Morgan fingerprint density at radius 2 is 2.16 bits per heavy atom. The summed E-state index contributed by atoms with van der Waals surface area (Å²) in [5.41, 5.74) is 2.32. The predicted molar refractivity (Wildman–Crippen MR) is 97.2 cm³/mol. The number of hydrogen-bond donors (Lipinski definition) is 1. The van der Waals surface area contributed by atoms with Gasteiger partial charge in [0.15, 0.2) is 6.61 Å². The number of benzene rings is 1. The van der Waals surface area contributed by atoms with Crippen LogP contribution >= 0.6 is 0 Å². The number of carbonyl (C=O) groups excluding carboxylic acids is 2. The highest BCUT2D eigenvalue weighted by Crippen LogP contribution is 2.19. The lowest BCUT2D eigenvalue weighted by Crippen LogP contribution is -2.41. The fourth-order valence-electron chi connectivity index (χ4n) is 3.48. The lowest BCUT2D eigenvalue weighted by atomic mass is 10.0. The highest BCUT2D eigenvalue weighted by molar-refractivity contribution is 5.83. The van der Waals surface area contributed by atoms with E-state index in [1.807, 2.05) is 29.3 Å². The van der Waals surface area contributed by atoms with Crippen molar-refractivity contribution < 1.29 is 14.3 Å². The summed E-state index contributed by atoms with van der Waals surface area (Å²) in [4.78, 5) is 29.0. The van der Waals surface area contributed by atoms with Gasteiger partial charge < -0.3 is 14.6 Å². The van der Waals surface area contributed by atoms with E-state index in [0.29, 0.717) is 12.3 Å². The van der Waals surface area contributed by atoms with Crippen molar-refractivity contribution in [3.05, 3.63) is 36.0 Å². The lowest BCUT2D eigenvalue weighted by Gasteiger charge is -2.30. The number of para-hydroxylation sites is 1. The summed E-state index contributed by atoms with van der Waals surface area (Å²) in [5, 5.41) is 1.20. The maximum Gasteiger partial charge on any atom is 0.306 e. The average molecular weight is 342 g/mol. The normalized spacial score (nSPS) is 17.6. The van der Waals surface area contributed by atoms with E-state index >= 15 is 0 Å². The van der Waals surface area contributed by atoms with E-state index in [4.69, 9.17) is 4.74 Å². The Morgan fingerprint density at radius 1 is 1.32 bits per heavy atom. The zero-order valence-electron chi connectivity index (χ0n) is 14.8. The van der Waals surface area contributed by atoms with Gasteiger partial charge in [-0.15, -0.1) is 0 Å². The zero-order valence-corrected chi connectivity index (χ0v) is 14.8. The van der Waals surface area contributed by atoms with Gasteiger partial charge in [0.05, 0.1) is 0 Å². The SMILES string of the molecule is C[C@@H]1CCCN(C(=O)COC(=O)CCCc2c[nH]c3ccccc23)C1. The minimum Gasteiger partial charge on any atom is -0.456 e. The third-order valence-electron chi connectivity index (χ3n) is 4.87. The van der Waals surface area contributed by atoms with E-state index in [1.165, 1.54) is 10.9 Å². The monoisotopic (exact) mass is 342 g/mol. The number of aromatic amines is 1. The number of H-pyrrole nitrogens is 1. The fraction of sp³-hybridized carbons (Fsp3) is 0.500. The van der Waals surface area contributed by atoms with Crippen molar-refractivity contribution >= 4 is 22.8 Å². The minimum absolute atomic E-state index is 0.0727. The molecule has 1 fully saturated rings. The van der Waals surface area contributed by atoms with Crippen LogP contribution in [0.25, 0.3) is 10.9 Å². The van der Waals surface area contributed by atoms with Crippen LogP contribution in [0.3, 0.4) is 0 Å². The molecule has 1 aromatic heterocycles. The van der Waals surface area contributed by atoms with Crippen LogP contribution in [-0.2, 0) is 20.7 Å². The minimum atomic E-state index is -0.293. The van der Waals surface area contributed by atoms with Gasteiger partial charge in [-0.25, -0.2) is 0 Å². The second-order valence-electron chi connectivity index (χ2n) is 6.96. The number of nitrogens with one attached hydrogen (secondary N) is 1. The quantitative estimate of drug-likeness (QED) is 0.820. The molecule has 2 heterocycles. The van der Waals surface area contributed by atoms with Crippen LogP contribution in [0.4, 0.5) is 0 Å². The second kappa shape index (κ2) is 8.19. The first kappa shape index (κ1) is 17.5. The molecular weight excluding hydrogens is 316 g/mol. The largest absolute Gasteiger partial charge is 0.456 e. The zero-order chi connectivity index (χ0) is 17.6. The molecule has 1 aliphatic rings. The molecular formula is C20H26N2O3. The Hall–Kier alpha value is -2.30. The number of carbonyl (C=O) groups is 2. The number of aryl methyl sites for hydroxylation is 1. The molecule has 0 aliphatic carbocycles. The Kier molecular flexibility index (Phi) is 5.74. The van der Waals surface area contributed by atoms with Gasteiger partial charge in [-0.1, -0.05) is 25.1 Å². The molecule has 1 N–H and O–H groups in total. The van der Waals surface area contributed by atoms with Crippen molar-refractivity contribution in [1.29, 1.82) is 0 Å². The van der Waals surface area contributed by atoms with Crippen LogP contribution in [0.15, 0.2) is 30.5 Å². The summed E-state index contributed by atoms with van der Waals surface area (Å²) in [6.07, 6.45) is 6.06. The summed E-state index contributed by atoms with van der Waals surface area (Å²) in [6.45, 7) is 3.58. The number of rotatable bonds is 6. The first-order valence-electron chi connectivity index (χ1n) is 9.12. The Morgan fingerprint density at radius 3 is 3.00 bits per heavy atom. The number of nitrogens with zero attached hydrogens (tertiary/aromatic N) is 1. The second-order valence-corrected chi connectivity index (χ2v) is 6.96. The van der Waals surface area contributed by atoms with Crippen LogP contribution in [0.1, 0.15) is 38.2 Å². The van der Waals surface area contributed by atoms with E-state index in [0.717, 1.165) is 44.3 Å². The van der Waals surface area contributed by atoms with Gasteiger partial charge >= 0.3 is 5.97 Å². The number of aromatic nitrogens is 1. The van der Waals surface area contributed by atoms with Crippen molar-refractivity contribution in [1.82, 2.24) is 9.88 Å². The molecule has 1 atom stereocenters. The van der Waals surface area contributed by atoms with Crippen LogP contribution in [0.2, 0.25) is 0 Å². The fourth-order valence-corrected chi connectivity index (χ4v) is 3.48. The topological polar surface area (TPSA) is 62.4 Å². The molecule has 0 unspecified atom stereocenters.